The number of methoxy groups -OCH3 is 1. The molecule has 1 aromatic rings. The molecule has 1 amide bonds. The first-order valence-corrected chi connectivity index (χ1v) is 6.06. The third-order valence-corrected chi connectivity index (χ3v) is 3.04. The number of carbonyl (C=O) groups is 2. The molecule has 0 radical (unpaired) electrons. The van der Waals surface area contributed by atoms with Gasteiger partial charge in [-0.3, -0.25) is 9.69 Å². The number of hydrogen-bond donors (Lipinski definition) is 0. The first-order chi connectivity index (χ1) is 8.63. The van der Waals surface area contributed by atoms with E-state index in [1.54, 1.807) is 0 Å². The summed E-state index contributed by atoms with van der Waals surface area (Å²) in [6.07, 6.45) is 2.22. The van der Waals surface area contributed by atoms with Crippen molar-refractivity contribution in [2.24, 2.45) is 0 Å². The molecule has 96 valence electrons. The van der Waals surface area contributed by atoms with Crippen LogP contribution < -0.4 is 4.90 Å². The molecule has 0 unspecified atom stereocenters. The van der Waals surface area contributed by atoms with Gasteiger partial charge in [0.05, 0.1) is 7.11 Å². The SMILES string of the molecule is COC(=O)c1ccc(Cl)nc1N1CCCCC1=O. The minimum atomic E-state index is -0.521. The molecule has 0 aromatic carbocycles. The monoisotopic (exact) mass is 268 g/mol. The van der Waals surface area contributed by atoms with Crippen molar-refractivity contribution >= 4 is 29.3 Å². The minimum absolute atomic E-state index is 0.0406. The molecular formula is C12H13ClN2O3. The predicted molar refractivity (Wildman–Crippen MR) is 66.8 cm³/mol. The van der Waals surface area contributed by atoms with Crippen LogP contribution in [-0.2, 0) is 9.53 Å². The summed E-state index contributed by atoms with van der Waals surface area (Å²) in [5.74, 6) is -0.271. The second-order valence-electron chi connectivity index (χ2n) is 4.00. The predicted octanol–water partition coefficient (Wildman–Crippen LogP) is 2.04. The Balaban J connectivity index is 2.43. The summed E-state index contributed by atoms with van der Waals surface area (Å²) < 4.78 is 4.68. The van der Waals surface area contributed by atoms with E-state index in [0.717, 1.165) is 12.8 Å². The van der Waals surface area contributed by atoms with Crippen LogP contribution in [0.5, 0.6) is 0 Å². The number of carbonyl (C=O) groups excluding carboxylic acids is 2. The van der Waals surface area contributed by atoms with Crippen LogP contribution in [0.15, 0.2) is 12.1 Å². The Kier molecular flexibility index (Phi) is 3.81. The number of rotatable bonds is 2. The number of halogens is 1. The van der Waals surface area contributed by atoms with Gasteiger partial charge >= 0.3 is 5.97 Å². The quantitative estimate of drug-likeness (QED) is 0.608. The van der Waals surface area contributed by atoms with Crippen LogP contribution in [0.4, 0.5) is 5.82 Å². The lowest BCUT2D eigenvalue weighted by molar-refractivity contribution is -0.119. The van der Waals surface area contributed by atoms with Gasteiger partial charge < -0.3 is 4.74 Å². The molecule has 18 heavy (non-hydrogen) atoms. The zero-order valence-electron chi connectivity index (χ0n) is 9.98. The van der Waals surface area contributed by atoms with Crippen LogP contribution >= 0.6 is 11.6 Å². The number of esters is 1. The smallest absolute Gasteiger partial charge is 0.341 e. The van der Waals surface area contributed by atoms with Crippen molar-refractivity contribution in [1.29, 1.82) is 0 Å². The van der Waals surface area contributed by atoms with Crippen molar-refractivity contribution in [3.8, 4) is 0 Å². The lowest BCUT2D eigenvalue weighted by Gasteiger charge is -2.27. The third-order valence-electron chi connectivity index (χ3n) is 2.83. The van der Waals surface area contributed by atoms with E-state index in [1.165, 1.54) is 24.1 Å². The maximum Gasteiger partial charge on any atom is 0.341 e. The number of piperidine rings is 1. The van der Waals surface area contributed by atoms with Gasteiger partial charge in [-0.25, -0.2) is 9.78 Å². The number of aromatic nitrogens is 1. The van der Waals surface area contributed by atoms with Gasteiger partial charge in [0.15, 0.2) is 5.82 Å². The Hall–Kier alpha value is -1.62. The summed E-state index contributed by atoms with van der Waals surface area (Å²) in [5, 5.41) is 0.246. The van der Waals surface area contributed by atoms with Crippen molar-refractivity contribution in [2.75, 3.05) is 18.6 Å². The zero-order valence-corrected chi connectivity index (χ0v) is 10.7. The topological polar surface area (TPSA) is 59.5 Å². The fourth-order valence-electron chi connectivity index (χ4n) is 1.93. The fraction of sp³-hybridized carbons (Fsp3) is 0.417. The van der Waals surface area contributed by atoms with Gasteiger partial charge in [-0.05, 0) is 25.0 Å². The van der Waals surface area contributed by atoms with Crippen LogP contribution in [0.2, 0.25) is 5.15 Å². The molecule has 2 rings (SSSR count). The van der Waals surface area contributed by atoms with Gasteiger partial charge in [-0.1, -0.05) is 11.6 Å². The average Bonchev–Trinajstić information content (AvgIpc) is 2.38. The van der Waals surface area contributed by atoms with Crippen molar-refractivity contribution in [3.63, 3.8) is 0 Å². The summed E-state index contributed by atoms with van der Waals surface area (Å²) in [7, 11) is 1.29. The molecule has 1 fully saturated rings. The maximum atomic E-state index is 11.9. The molecule has 1 saturated heterocycles. The largest absolute Gasteiger partial charge is 0.465 e. The Morgan fingerprint density at radius 2 is 2.22 bits per heavy atom. The third kappa shape index (κ3) is 2.46. The van der Waals surface area contributed by atoms with Crippen molar-refractivity contribution < 1.29 is 14.3 Å². The summed E-state index contributed by atoms with van der Waals surface area (Å²) in [6, 6.07) is 3.03. The van der Waals surface area contributed by atoms with E-state index in [2.05, 4.69) is 9.72 Å². The van der Waals surface area contributed by atoms with E-state index < -0.39 is 5.97 Å². The molecule has 1 aromatic heterocycles. The van der Waals surface area contributed by atoms with Gasteiger partial charge in [-0.15, -0.1) is 0 Å². The molecule has 5 nitrogen and oxygen atoms in total. The second kappa shape index (κ2) is 5.35. The molecule has 2 heterocycles. The van der Waals surface area contributed by atoms with Crippen molar-refractivity contribution in [1.82, 2.24) is 4.98 Å². The first-order valence-electron chi connectivity index (χ1n) is 5.68. The van der Waals surface area contributed by atoms with Gasteiger partial charge in [0.25, 0.3) is 0 Å². The highest BCUT2D eigenvalue weighted by Crippen LogP contribution is 2.25. The summed E-state index contributed by atoms with van der Waals surface area (Å²) in [4.78, 5) is 29.1. The molecule has 1 aliphatic rings. The number of ether oxygens (including phenoxy) is 1. The number of pyridine rings is 1. The number of hydrogen-bond acceptors (Lipinski definition) is 4. The maximum absolute atomic E-state index is 11.9. The zero-order chi connectivity index (χ0) is 13.1. The molecule has 0 aliphatic carbocycles. The molecule has 0 bridgehead atoms. The summed E-state index contributed by atoms with van der Waals surface area (Å²) >= 11 is 5.83. The molecule has 0 spiro atoms. The fourth-order valence-corrected chi connectivity index (χ4v) is 2.07. The van der Waals surface area contributed by atoms with E-state index in [1.807, 2.05) is 0 Å². The molecule has 6 heteroatoms. The van der Waals surface area contributed by atoms with E-state index >= 15 is 0 Å². The molecule has 1 aliphatic heterocycles. The van der Waals surface area contributed by atoms with Crippen LogP contribution in [0.1, 0.15) is 29.6 Å². The van der Waals surface area contributed by atoms with Crippen molar-refractivity contribution in [3.05, 3.63) is 22.8 Å². The van der Waals surface area contributed by atoms with E-state index in [4.69, 9.17) is 11.6 Å². The van der Waals surface area contributed by atoms with E-state index in [9.17, 15) is 9.59 Å². The van der Waals surface area contributed by atoms with Gasteiger partial charge in [-0.2, -0.15) is 0 Å². The lowest BCUT2D eigenvalue weighted by Crippen LogP contribution is -2.37. The van der Waals surface area contributed by atoms with Crippen LogP contribution in [-0.4, -0.2) is 30.5 Å². The van der Waals surface area contributed by atoms with Crippen molar-refractivity contribution in [2.45, 2.75) is 19.3 Å². The highest BCUT2D eigenvalue weighted by molar-refractivity contribution is 6.29. The van der Waals surface area contributed by atoms with Crippen LogP contribution in [0, 0.1) is 0 Å². The average molecular weight is 269 g/mol. The Morgan fingerprint density at radius 3 is 2.89 bits per heavy atom. The summed E-state index contributed by atoms with van der Waals surface area (Å²) in [5.41, 5.74) is 0.261. The second-order valence-corrected chi connectivity index (χ2v) is 4.39. The van der Waals surface area contributed by atoms with Gasteiger partial charge in [0.1, 0.15) is 10.7 Å². The summed E-state index contributed by atoms with van der Waals surface area (Å²) in [6.45, 7) is 0.552. The number of nitrogens with zero attached hydrogens (tertiary/aromatic N) is 2. The van der Waals surface area contributed by atoms with Gasteiger partial charge in [0.2, 0.25) is 5.91 Å². The Morgan fingerprint density at radius 1 is 1.44 bits per heavy atom. The normalized spacial score (nSPS) is 15.7. The highest BCUT2D eigenvalue weighted by Gasteiger charge is 2.26. The first kappa shape index (κ1) is 12.8. The van der Waals surface area contributed by atoms with E-state index in [-0.39, 0.29) is 16.6 Å². The number of amides is 1. The lowest BCUT2D eigenvalue weighted by atomic mass is 10.1. The number of anilines is 1. The van der Waals surface area contributed by atoms with E-state index in [0.29, 0.717) is 18.8 Å². The molecule has 0 saturated carbocycles. The molecule has 0 atom stereocenters. The Labute approximate surface area is 110 Å². The highest BCUT2D eigenvalue weighted by atomic mass is 35.5. The minimum Gasteiger partial charge on any atom is -0.465 e. The van der Waals surface area contributed by atoms with Crippen LogP contribution in [0.3, 0.4) is 0 Å². The van der Waals surface area contributed by atoms with Crippen LogP contribution in [0.25, 0.3) is 0 Å². The van der Waals surface area contributed by atoms with Gasteiger partial charge in [0, 0.05) is 13.0 Å². The standard InChI is InChI=1S/C12H13ClN2O3/c1-18-12(17)8-5-6-9(13)14-11(8)15-7-3-2-4-10(15)16/h5-6H,2-4,7H2,1H3. The molecular weight excluding hydrogens is 256 g/mol. The molecule has 0 N–H and O–H groups in total. The Bertz CT molecular complexity index is 490.